The molecule has 8 aromatic rings. The smallest absolute Gasteiger partial charge is 0.175 e. The van der Waals surface area contributed by atoms with E-state index in [-0.39, 0.29) is 0 Å². The number of nitrogens with zero attached hydrogens (tertiary/aromatic N) is 4. The molecule has 0 atom stereocenters. The molecule has 0 radical (unpaired) electrons. The van der Waals surface area contributed by atoms with Gasteiger partial charge < -0.3 is 0 Å². The SMILES string of the molecule is C=C/C=C\C=C(/C)[Si](c1ccccc1)(c1ccccc1)c1cccc(-c2nc3ccc4ccc(-c5nc(/C(C=C)=C/C=C\C)nc(-c6ccccc6)n5)cc4c3s2)c1. The van der Waals surface area contributed by atoms with E-state index in [1.54, 1.807) is 17.4 Å². The molecular weight excluding hydrogens is 741 g/mol. The van der Waals surface area contributed by atoms with E-state index in [2.05, 4.69) is 147 Å². The molecule has 0 unspecified atom stereocenters. The van der Waals surface area contributed by atoms with E-state index in [0.29, 0.717) is 17.5 Å². The maximum Gasteiger partial charge on any atom is 0.175 e. The first-order valence-electron chi connectivity index (χ1n) is 19.3. The Morgan fingerprint density at radius 1 is 0.586 bits per heavy atom. The number of thiazole rings is 1. The summed E-state index contributed by atoms with van der Waals surface area (Å²) in [6, 6.07) is 51.8. The highest BCUT2D eigenvalue weighted by atomic mass is 32.1. The van der Waals surface area contributed by atoms with Crippen molar-refractivity contribution >= 4 is 61.5 Å². The van der Waals surface area contributed by atoms with E-state index in [9.17, 15) is 0 Å². The lowest BCUT2D eigenvalue weighted by molar-refractivity contribution is 1.04. The monoisotopic (exact) mass is 782 g/mol. The van der Waals surface area contributed by atoms with Gasteiger partial charge in [0, 0.05) is 27.6 Å². The first kappa shape index (κ1) is 38.0. The minimum Gasteiger partial charge on any atom is -0.236 e. The normalized spacial score (nSPS) is 12.5. The molecule has 58 heavy (non-hydrogen) atoms. The molecule has 2 heterocycles. The van der Waals surface area contributed by atoms with Crippen molar-refractivity contribution in [2.24, 2.45) is 0 Å². The molecule has 0 bridgehead atoms. The van der Waals surface area contributed by atoms with E-state index in [1.807, 2.05) is 67.6 Å². The largest absolute Gasteiger partial charge is 0.236 e. The summed E-state index contributed by atoms with van der Waals surface area (Å²) >= 11 is 1.73. The fourth-order valence-corrected chi connectivity index (χ4v) is 13.5. The molecule has 4 nitrogen and oxygen atoms in total. The fourth-order valence-electron chi connectivity index (χ4n) is 7.60. The van der Waals surface area contributed by atoms with Crippen LogP contribution in [0.15, 0.2) is 213 Å². The van der Waals surface area contributed by atoms with Crippen molar-refractivity contribution in [1.82, 2.24) is 19.9 Å². The lowest BCUT2D eigenvalue weighted by atomic mass is 10.1. The summed E-state index contributed by atoms with van der Waals surface area (Å²) in [6.45, 7) is 12.2. The van der Waals surface area contributed by atoms with Crippen LogP contribution in [0.4, 0.5) is 0 Å². The van der Waals surface area contributed by atoms with Gasteiger partial charge in [0.05, 0.1) is 10.2 Å². The summed E-state index contributed by atoms with van der Waals surface area (Å²) in [7, 11) is -2.70. The zero-order chi connectivity index (χ0) is 39.9. The van der Waals surface area contributed by atoms with Crippen LogP contribution >= 0.6 is 11.3 Å². The number of aromatic nitrogens is 4. The van der Waals surface area contributed by atoms with Gasteiger partial charge in [-0.15, -0.1) is 11.3 Å². The molecule has 0 fully saturated rings. The second-order valence-electron chi connectivity index (χ2n) is 13.9. The molecule has 0 aliphatic carbocycles. The zero-order valence-electron chi connectivity index (χ0n) is 32.6. The predicted molar refractivity (Wildman–Crippen MR) is 250 cm³/mol. The van der Waals surface area contributed by atoms with Gasteiger partial charge in [-0.25, -0.2) is 19.9 Å². The van der Waals surface area contributed by atoms with Crippen molar-refractivity contribution in [3.63, 3.8) is 0 Å². The summed E-state index contributed by atoms with van der Waals surface area (Å²) in [5.74, 6) is 1.78. The third kappa shape index (κ3) is 7.39. The van der Waals surface area contributed by atoms with Gasteiger partial charge in [-0.05, 0) is 46.9 Å². The molecule has 280 valence electrons. The van der Waals surface area contributed by atoms with Crippen LogP contribution < -0.4 is 15.6 Å². The second kappa shape index (κ2) is 17.1. The van der Waals surface area contributed by atoms with Gasteiger partial charge in [0.2, 0.25) is 0 Å². The summed E-state index contributed by atoms with van der Waals surface area (Å²) in [5, 5.41) is 8.51. The first-order valence-corrected chi connectivity index (χ1v) is 22.1. The highest BCUT2D eigenvalue weighted by Crippen LogP contribution is 2.37. The first-order chi connectivity index (χ1) is 28.5. The number of benzene rings is 6. The third-order valence-corrected chi connectivity index (χ3v) is 16.5. The van der Waals surface area contributed by atoms with Gasteiger partial charge in [-0.2, -0.15) is 0 Å². The zero-order valence-corrected chi connectivity index (χ0v) is 34.4. The van der Waals surface area contributed by atoms with E-state index in [4.69, 9.17) is 19.9 Å². The van der Waals surface area contributed by atoms with Gasteiger partial charge >= 0.3 is 0 Å². The number of hydrogen-bond acceptors (Lipinski definition) is 5. The number of rotatable bonds is 12. The summed E-state index contributed by atoms with van der Waals surface area (Å²) in [4.78, 5) is 20.2. The lowest BCUT2D eigenvalue weighted by Crippen LogP contribution is -2.68. The topological polar surface area (TPSA) is 51.6 Å². The Balaban J connectivity index is 1.28. The maximum absolute atomic E-state index is 5.27. The van der Waals surface area contributed by atoms with E-state index < -0.39 is 8.07 Å². The summed E-state index contributed by atoms with van der Waals surface area (Å²) in [6.07, 6.45) is 15.9. The summed E-state index contributed by atoms with van der Waals surface area (Å²) in [5.41, 5.74) is 4.70. The lowest BCUT2D eigenvalue weighted by Gasteiger charge is -2.35. The Morgan fingerprint density at radius 3 is 1.90 bits per heavy atom. The molecule has 0 aliphatic rings. The van der Waals surface area contributed by atoms with Crippen LogP contribution in [-0.4, -0.2) is 28.0 Å². The van der Waals surface area contributed by atoms with Crippen molar-refractivity contribution in [2.75, 3.05) is 0 Å². The van der Waals surface area contributed by atoms with Crippen LogP contribution in [-0.2, 0) is 0 Å². The van der Waals surface area contributed by atoms with Crippen LogP contribution in [0.2, 0.25) is 0 Å². The van der Waals surface area contributed by atoms with E-state index in [0.717, 1.165) is 48.3 Å². The number of fused-ring (bicyclic) bond motifs is 3. The van der Waals surface area contributed by atoms with Crippen LogP contribution in [0.5, 0.6) is 0 Å². The Morgan fingerprint density at radius 2 is 1.22 bits per heavy atom. The second-order valence-corrected chi connectivity index (χ2v) is 18.9. The minimum atomic E-state index is -2.70. The maximum atomic E-state index is 5.27. The average molecular weight is 783 g/mol. The predicted octanol–water partition coefficient (Wildman–Crippen LogP) is 11.5. The molecular formula is C52H42N4SSi. The number of hydrogen-bond donors (Lipinski definition) is 0. The van der Waals surface area contributed by atoms with Crippen molar-refractivity contribution in [3.05, 3.63) is 218 Å². The van der Waals surface area contributed by atoms with E-state index >= 15 is 0 Å². The molecule has 6 heteroatoms. The van der Waals surface area contributed by atoms with Gasteiger partial charge in [0.15, 0.2) is 25.5 Å². The minimum absolute atomic E-state index is 0.572. The van der Waals surface area contributed by atoms with Crippen LogP contribution in [0.25, 0.3) is 59.9 Å². The highest BCUT2D eigenvalue weighted by Gasteiger charge is 2.41. The van der Waals surface area contributed by atoms with Crippen LogP contribution in [0, 0.1) is 0 Å². The molecule has 0 aliphatic heterocycles. The fraction of sp³-hybridized carbons (Fsp3) is 0.0385. The van der Waals surface area contributed by atoms with Gasteiger partial charge in [0.1, 0.15) is 5.01 Å². The Labute approximate surface area is 345 Å². The molecule has 0 N–H and O–H groups in total. The van der Waals surface area contributed by atoms with Crippen molar-refractivity contribution < 1.29 is 0 Å². The average Bonchev–Trinajstić information content (AvgIpc) is 3.73. The Hall–Kier alpha value is -6.86. The molecule has 0 saturated heterocycles. The standard InChI is InChI=1S/C52H42N4SSi/c1-5-8-13-21-37(4)58(43-26-16-11-17-27-43,44-28-18-12-19-29-44)45-30-20-25-42(35-45)52-53-47-34-33-39-31-32-41(36-46(39)48(47)57-52)51-55-49(38(7-3)22-9-6-2)54-50(56-51)40-23-14-10-15-24-40/h5-36H,1,3H2,2,4H3/b9-6-,13-8-,37-21+,38-22+. The molecule has 6 aromatic carbocycles. The molecule has 0 amide bonds. The van der Waals surface area contributed by atoms with Crippen molar-refractivity contribution in [1.29, 1.82) is 0 Å². The number of allylic oxidation sites excluding steroid dienone is 10. The summed E-state index contributed by atoms with van der Waals surface area (Å²) < 4.78 is 1.12. The Kier molecular flexibility index (Phi) is 11.2. The van der Waals surface area contributed by atoms with Gasteiger partial charge in [0.25, 0.3) is 0 Å². The molecule has 2 aromatic heterocycles. The molecule has 8 rings (SSSR count). The van der Waals surface area contributed by atoms with Crippen LogP contribution in [0.3, 0.4) is 0 Å². The highest BCUT2D eigenvalue weighted by molar-refractivity contribution is 7.22. The quantitative estimate of drug-likeness (QED) is 0.0704. The third-order valence-electron chi connectivity index (χ3n) is 10.4. The van der Waals surface area contributed by atoms with Crippen LogP contribution in [0.1, 0.15) is 19.7 Å². The van der Waals surface area contributed by atoms with Gasteiger partial charge in [-0.3, -0.25) is 0 Å². The molecule has 0 saturated carbocycles. The van der Waals surface area contributed by atoms with E-state index in [1.165, 1.54) is 20.8 Å². The Bertz CT molecular complexity index is 2850. The van der Waals surface area contributed by atoms with Crippen molar-refractivity contribution in [2.45, 2.75) is 13.8 Å². The van der Waals surface area contributed by atoms with Crippen molar-refractivity contribution in [3.8, 4) is 33.3 Å². The molecule has 0 spiro atoms. The van der Waals surface area contributed by atoms with Gasteiger partial charge in [-0.1, -0.05) is 200 Å².